The van der Waals surface area contributed by atoms with Crippen LogP contribution in [0.2, 0.25) is 0 Å². The number of nitrogens with zero attached hydrogens (tertiary/aromatic N) is 11. The number of likely N-dealkylation sites (N-methyl/N-ethyl adjacent to an activating group) is 3. The fourth-order valence-corrected chi connectivity index (χ4v) is 18.2. The SMILES string of the molecule is CN1CCN(C(=O)c2ccc3c(c2)nc(-c2cccc4ccccc24)n3S(=O)(=O)c2cccc(F)c2)CC1.CN1CCN(C(=O)c2ccc3nc(-c4cccc5ccccc45)[nH]c3c2)CC1.CN1CCN(C(=O)c2ccc3nc(-c4cccc5ccccc45)n(S(=O)(=O)c4cccc(F)c4)c3c2)CC1.O=S(=O)(Cl)c1cccc(F)c1. The summed E-state index contributed by atoms with van der Waals surface area (Å²) in [6.45, 7) is 8.94. The zero-order chi connectivity index (χ0) is 80.5. The van der Waals surface area contributed by atoms with Gasteiger partial charge in [0.25, 0.3) is 46.8 Å². The second kappa shape index (κ2) is 32.9. The number of fused-ring (bicyclic) bond motifs is 6. The summed E-state index contributed by atoms with van der Waals surface area (Å²) >= 11 is 0. The van der Waals surface area contributed by atoms with Crippen LogP contribution in [0, 0.1) is 17.5 Å². The van der Waals surface area contributed by atoms with E-state index in [-0.39, 0.29) is 49.6 Å². The van der Waals surface area contributed by atoms with Gasteiger partial charge in [-0.3, -0.25) is 14.4 Å². The molecule has 3 aliphatic heterocycles. The van der Waals surface area contributed by atoms with Crippen LogP contribution in [0.3, 0.4) is 0 Å². The van der Waals surface area contributed by atoms with Crippen molar-refractivity contribution in [2.24, 2.45) is 0 Å². The molecule has 3 fully saturated rings. The maximum atomic E-state index is 14.1. The number of amides is 3. The number of H-pyrrole nitrogens is 1. The molecule has 28 heteroatoms. The van der Waals surface area contributed by atoms with Crippen molar-refractivity contribution in [3.63, 3.8) is 0 Å². The zero-order valence-electron chi connectivity index (χ0n) is 62.6. The minimum absolute atomic E-state index is 0.0938. The molecule has 21 nitrogen and oxygen atoms in total. The Kier molecular flexibility index (Phi) is 22.4. The highest BCUT2D eigenvalue weighted by atomic mass is 35.7. The lowest BCUT2D eigenvalue weighted by Crippen LogP contribution is -2.47. The van der Waals surface area contributed by atoms with Crippen LogP contribution in [0.25, 0.3) is 99.6 Å². The standard InChI is InChI=1S/2C29H25FN4O3S.C23H22N4O.C6H4ClFO2S/c1-32-14-16-33(17-15-32)29(35)21-12-13-27-26(18-21)31-28(25-11-4-7-20-6-2-3-10-24(20)25)34(27)38(36,37)23-9-5-8-22(30)19-23;1-32-14-16-33(17-15-32)29(35)21-12-13-26-27(18-21)34(38(36,37)23-9-5-8-22(30)19-23)28(31-26)25-11-4-7-20-6-2-3-10-24(20)25;1-26-11-13-27(14-12-26)23(28)17-9-10-20-21(15-17)25-22(24-20)19-8-4-6-16-5-2-3-7-18(16)19;7-11(9,10)6-3-1-2-5(8)4-6/h2*2-13,18-19H,14-17H2,1H3;2-10,15H,11-14H2,1H3,(H,24,25);1-4H. The van der Waals surface area contributed by atoms with E-state index >= 15 is 0 Å². The van der Waals surface area contributed by atoms with Crippen LogP contribution in [-0.2, 0) is 29.1 Å². The van der Waals surface area contributed by atoms with Crippen molar-refractivity contribution in [1.82, 2.24) is 57.3 Å². The van der Waals surface area contributed by atoms with E-state index in [2.05, 4.69) is 51.0 Å². The molecular weight excluding hydrogens is 1550 g/mol. The van der Waals surface area contributed by atoms with Gasteiger partial charge in [0.2, 0.25) is 0 Å². The van der Waals surface area contributed by atoms with Gasteiger partial charge in [-0.15, -0.1) is 0 Å². The molecule has 0 atom stereocenters. The molecule has 3 aromatic heterocycles. The Morgan fingerprint density at radius 1 is 0.348 bits per heavy atom. The summed E-state index contributed by atoms with van der Waals surface area (Å²) in [5.74, 6) is -0.887. The third kappa shape index (κ3) is 16.6. The predicted octanol–water partition coefficient (Wildman–Crippen LogP) is 14.8. The third-order valence-corrected chi connectivity index (χ3v) is 25.4. The lowest BCUT2D eigenvalue weighted by Gasteiger charge is -2.32. The number of rotatable bonds is 11. The predicted molar refractivity (Wildman–Crippen MR) is 442 cm³/mol. The molecule has 3 saturated heterocycles. The summed E-state index contributed by atoms with van der Waals surface area (Å²) in [5.41, 5.74) is 6.96. The first-order valence-electron chi connectivity index (χ1n) is 37.0. The van der Waals surface area contributed by atoms with Crippen molar-refractivity contribution >= 4 is 123 Å². The van der Waals surface area contributed by atoms with Gasteiger partial charge in [0.15, 0.2) is 11.6 Å². The summed E-state index contributed by atoms with van der Waals surface area (Å²) in [7, 11) is -1.25. The van der Waals surface area contributed by atoms with Gasteiger partial charge in [-0.05, 0) is 163 Å². The second-order valence-electron chi connectivity index (χ2n) is 28.3. The summed E-state index contributed by atoms with van der Waals surface area (Å²) in [6, 6.07) is 71.0. The molecule has 115 heavy (non-hydrogen) atoms. The Morgan fingerprint density at radius 3 is 1.15 bits per heavy atom. The van der Waals surface area contributed by atoms with Gasteiger partial charge in [-0.25, -0.2) is 61.3 Å². The monoisotopic (exact) mass is 1620 g/mol. The van der Waals surface area contributed by atoms with E-state index in [0.717, 1.165) is 134 Å². The molecule has 584 valence electrons. The molecule has 0 spiro atoms. The smallest absolute Gasteiger partial charge is 0.270 e. The van der Waals surface area contributed by atoms with Crippen LogP contribution in [0.15, 0.2) is 269 Å². The molecule has 3 aliphatic rings. The fraction of sp³-hybridized carbons (Fsp3) is 0.172. The van der Waals surface area contributed by atoms with Crippen LogP contribution >= 0.6 is 10.7 Å². The molecular formula is C87H76ClF3N12O9S3. The maximum absolute atomic E-state index is 14.1. The normalized spacial score (nSPS) is 14.7. The molecule has 0 unspecified atom stereocenters. The van der Waals surface area contributed by atoms with E-state index in [0.29, 0.717) is 70.5 Å². The van der Waals surface area contributed by atoms with Gasteiger partial charge in [-0.2, -0.15) is 0 Å². The highest BCUT2D eigenvalue weighted by Gasteiger charge is 2.32. The average Bonchev–Trinajstić information content (AvgIpc) is 1.60. The summed E-state index contributed by atoms with van der Waals surface area (Å²) in [5, 5.41) is 5.86. The number of hydrogen-bond acceptors (Lipinski definition) is 15. The van der Waals surface area contributed by atoms with E-state index in [1.54, 1.807) is 46.2 Å². The van der Waals surface area contributed by atoms with Crippen molar-refractivity contribution in [1.29, 1.82) is 0 Å². The van der Waals surface area contributed by atoms with Gasteiger partial charge in [0.05, 0.1) is 47.8 Å². The highest BCUT2D eigenvalue weighted by molar-refractivity contribution is 8.13. The number of carbonyl (C=O) groups excluding carboxylic acids is 3. The molecule has 15 aromatic rings. The van der Waals surface area contributed by atoms with E-state index in [9.17, 15) is 52.8 Å². The van der Waals surface area contributed by atoms with Crippen LogP contribution in [-0.4, -0.2) is 200 Å². The molecule has 0 aliphatic carbocycles. The van der Waals surface area contributed by atoms with Crippen LogP contribution in [0.5, 0.6) is 0 Å². The number of aromatic nitrogens is 6. The molecule has 6 heterocycles. The first-order valence-corrected chi connectivity index (χ1v) is 42.2. The minimum Gasteiger partial charge on any atom is -0.338 e. The number of aromatic amines is 1. The quantitative estimate of drug-likeness (QED) is 0.119. The van der Waals surface area contributed by atoms with Crippen molar-refractivity contribution in [3.8, 4) is 34.2 Å². The summed E-state index contributed by atoms with van der Waals surface area (Å²) < 4.78 is 120. The van der Waals surface area contributed by atoms with E-state index in [4.69, 9.17) is 25.6 Å². The van der Waals surface area contributed by atoms with E-state index in [1.165, 1.54) is 53.9 Å². The fourth-order valence-electron chi connectivity index (χ4n) is 14.4. The number of carbonyl (C=O) groups is 3. The van der Waals surface area contributed by atoms with Crippen molar-refractivity contribution < 1.29 is 52.8 Å². The molecule has 12 aromatic carbocycles. The Hall–Kier alpha value is -12.0. The molecule has 3 amide bonds. The van der Waals surface area contributed by atoms with Crippen LogP contribution < -0.4 is 0 Å². The Bertz CT molecular complexity index is 6550. The molecule has 0 saturated carbocycles. The molecule has 0 bridgehead atoms. The second-order valence-corrected chi connectivity index (χ2v) is 34.4. The van der Waals surface area contributed by atoms with Crippen molar-refractivity contribution in [2.75, 3.05) is 99.7 Å². The number of benzene rings is 12. The van der Waals surface area contributed by atoms with Gasteiger partial charge in [-0.1, -0.05) is 146 Å². The largest absolute Gasteiger partial charge is 0.338 e. The average molecular weight is 1620 g/mol. The van der Waals surface area contributed by atoms with E-state index in [1.807, 2.05) is 140 Å². The third-order valence-electron chi connectivity index (χ3n) is 20.7. The zero-order valence-corrected chi connectivity index (χ0v) is 65.8. The van der Waals surface area contributed by atoms with Crippen molar-refractivity contribution in [2.45, 2.75) is 14.7 Å². The first kappa shape index (κ1) is 78.3. The topological polar surface area (TPSA) is 237 Å². The lowest BCUT2D eigenvalue weighted by molar-refractivity contribution is 0.0657. The van der Waals surface area contributed by atoms with Gasteiger partial charge in [0, 0.05) is 123 Å². The number of piperazine rings is 3. The number of nitrogens with one attached hydrogen (secondary N) is 1. The van der Waals surface area contributed by atoms with Crippen LogP contribution in [0.1, 0.15) is 31.1 Å². The summed E-state index contributed by atoms with van der Waals surface area (Å²) in [6.07, 6.45) is 0. The lowest BCUT2D eigenvalue weighted by atomic mass is 10.0. The van der Waals surface area contributed by atoms with Crippen LogP contribution in [0.4, 0.5) is 13.2 Å². The summed E-state index contributed by atoms with van der Waals surface area (Å²) in [4.78, 5) is 68.6. The molecule has 18 rings (SSSR count). The molecule has 1 N–H and O–H groups in total. The number of hydrogen-bond donors (Lipinski definition) is 1. The maximum Gasteiger partial charge on any atom is 0.270 e. The van der Waals surface area contributed by atoms with Crippen molar-refractivity contribution in [3.05, 3.63) is 289 Å². The Balaban J connectivity index is 0.000000128. The van der Waals surface area contributed by atoms with Gasteiger partial charge >= 0.3 is 0 Å². The minimum atomic E-state index is -4.28. The van der Waals surface area contributed by atoms with Gasteiger partial charge < -0.3 is 34.4 Å². The number of halogens is 4. The first-order chi connectivity index (χ1) is 55.3. The Morgan fingerprint density at radius 2 is 0.704 bits per heavy atom. The van der Waals surface area contributed by atoms with E-state index < -0.39 is 46.5 Å². The highest BCUT2D eigenvalue weighted by Crippen LogP contribution is 2.38. The molecule has 0 radical (unpaired) electrons. The van der Waals surface area contributed by atoms with Gasteiger partial charge in [0.1, 0.15) is 23.3 Å². The Labute approximate surface area is 666 Å². The number of imidazole rings is 3.